The molecular formula is C65H55N. The number of hydrogen-bond acceptors (Lipinski definition) is 1. The second-order valence-electron chi connectivity index (χ2n) is 20.8. The van der Waals surface area contributed by atoms with Gasteiger partial charge in [-0.15, -0.1) is 0 Å². The van der Waals surface area contributed by atoms with E-state index in [1.54, 1.807) is 5.56 Å². The largest absolute Gasteiger partial charge is 0.309 e. The Hall–Kier alpha value is -6.96. The molecule has 66 heavy (non-hydrogen) atoms. The van der Waals surface area contributed by atoms with Crippen LogP contribution in [0.15, 0.2) is 206 Å². The highest BCUT2D eigenvalue weighted by Gasteiger charge is 2.51. The van der Waals surface area contributed by atoms with Gasteiger partial charge < -0.3 is 4.90 Å². The van der Waals surface area contributed by atoms with Gasteiger partial charge in [0.2, 0.25) is 0 Å². The van der Waals surface area contributed by atoms with Crippen LogP contribution >= 0.6 is 0 Å². The minimum Gasteiger partial charge on any atom is -0.309 e. The van der Waals surface area contributed by atoms with Crippen LogP contribution in [-0.4, -0.2) is 0 Å². The fourth-order valence-corrected chi connectivity index (χ4v) is 13.6. The molecule has 0 spiro atoms. The van der Waals surface area contributed by atoms with E-state index in [1.165, 1.54) is 116 Å². The molecular weight excluding hydrogens is 795 g/mol. The first-order chi connectivity index (χ1) is 32.4. The van der Waals surface area contributed by atoms with Crippen molar-refractivity contribution in [3.8, 4) is 55.6 Å². The summed E-state index contributed by atoms with van der Waals surface area (Å²) >= 11 is 0. The molecule has 14 rings (SSSR count). The van der Waals surface area contributed by atoms with Crippen molar-refractivity contribution in [1.82, 2.24) is 0 Å². The first kappa shape index (κ1) is 39.4. The lowest BCUT2D eigenvalue weighted by molar-refractivity contribution is -0.00518. The summed E-state index contributed by atoms with van der Waals surface area (Å²) in [4.78, 5) is 2.52. The zero-order valence-electron chi connectivity index (χ0n) is 38.1. The maximum atomic E-state index is 2.52. The monoisotopic (exact) mass is 849 g/mol. The molecule has 0 atom stereocenters. The van der Waals surface area contributed by atoms with Crippen molar-refractivity contribution in [2.75, 3.05) is 4.90 Å². The van der Waals surface area contributed by atoms with Gasteiger partial charge in [0, 0.05) is 22.2 Å². The van der Waals surface area contributed by atoms with E-state index < -0.39 is 0 Å². The molecule has 0 aromatic heterocycles. The van der Waals surface area contributed by atoms with Crippen molar-refractivity contribution < 1.29 is 0 Å². The van der Waals surface area contributed by atoms with E-state index in [-0.39, 0.29) is 5.41 Å². The van der Waals surface area contributed by atoms with E-state index in [2.05, 4.69) is 225 Å². The molecule has 4 fully saturated rings. The van der Waals surface area contributed by atoms with Gasteiger partial charge in [0.05, 0.1) is 11.4 Å². The number of anilines is 3. The highest BCUT2D eigenvalue weighted by molar-refractivity contribution is 5.98. The van der Waals surface area contributed by atoms with E-state index in [0.717, 1.165) is 34.8 Å². The number of rotatable bonds is 8. The molecule has 4 saturated carbocycles. The third-order valence-corrected chi connectivity index (χ3v) is 16.4. The molecule has 320 valence electrons. The standard InChI is InChI=1S/C65H55N/c1-64(2)60-18-10-8-17-57(60)58-32-31-55(39-61(58)64)66(62-19-11-9-16-56(62)53-25-24-46-12-6-7-15-51(46)37-53)63-33-28-52(38-59(63)50-13-4-3-5-14-50)49-22-20-47(21-23-49)48-26-29-54(30-27-48)65-40-43-34-44(41-65)36-45(35-43)42-65/h3-33,37-39,43-45H,34-36,40-42H2,1-2H3. The van der Waals surface area contributed by atoms with Gasteiger partial charge in [0.15, 0.2) is 0 Å². The second kappa shape index (κ2) is 15.3. The Balaban J connectivity index is 0.917. The molecule has 0 aliphatic heterocycles. The van der Waals surface area contributed by atoms with Gasteiger partial charge in [0.1, 0.15) is 0 Å². The quantitative estimate of drug-likeness (QED) is 0.147. The zero-order valence-corrected chi connectivity index (χ0v) is 38.1. The summed E-state index contributed by atoms with van der Waals surface area (Å²) in [6.45, 7) is 4.76. The Morgan fingerprint density at radius 2 is 0.909 bits per heavy atom. The van der Waals surface area contributed by atoms with Gasteiger partial charge in [-0.25, -0.2) is 0 Å². The number of hydrogen-bond donors (Lipinski definition) is 0. The van der Waals surface area contributed by atoms with Crippen LogP contribution in [0.25, 0.3) is 66.4 Å². The van der Waals surface area contributed by atoms with E-state index in [0.29, 0.717) is 5.41 Å². The van der Waals surface area contributed by atoms with E-state index in [4.69, 9.17) is 0 Å². The van der Waals surface area contributed by atoms with Crippen molar-refractivity contribution in [1.29, 1.82) is 0 Å². The Morgan fingerprint density at radius 1 is 0.364 bits per heavy atom. The summed E-state index contributed by atoms with van der Waals surface area (Å²) in [7, 11) is 0. The lowest BCUT2D eigenvalue weighted by atomic mass is 9.48. The highest BCUT2D eigenvalue weighted by Crippen LogP contribution is 2.61. The van der Waals surface area contributed by atoms with Crippen LogP contribution < -0.4 is 4.90 Å². The van der Waals surface area contributed by atoms with Crippen LogP contribution in [0.5, 0.6) is 0 Å². The molecule has 0 amide bonds. The average molecular weight is 850 g/mol. The first-order valence-corrected chi connectivity index (χ1v) is 24.4. The first-order valence-electron chi connectivity index (χ1n) is 24.4. The predicted octanol–water partition coefficient (Wildman–Crippen LogP) is 17.8. The Bertz CT molecular complexity index is 3260. The van der Waals surface area contributed by atoms with Crippen molar-refractivity contribution >= 4 is 27.8 Å². The lowest BCUT2D eigenvalue weighted by Gasteiger charge is -2.57. The van der Waals surface area contributed by atoms with Gasteiger partial charge >= 0.3 is 0 Å². The summed E-state index contributed by atoms with van der Waals surface area (Å²) < 4.78 is 0. The van der Waals surface area contributed by atoms with Crippen LogP contribution in [0.2, 0.25) is 0 Å². The zero-order chi connectivity index (χ0) is 44.0. The average Bonchev–Trinajstić information content (AvgIpc) is 3.59. The summed E-state index contributed by atoms with van der Waals surface area (Å²) in [5, 5.41) is 2.49. The Labute approximate surface area is 390 Å². The Kier molecular flexibility index (Phi) is 9.14. The van der Waals surface area contributed by atoms with E-state index in [1.807, 2.05) is 0 Å². The van der Waals surface area contributed by atoms with Gasteiger partial charge in [-0.2, -0.15) is 0 Å². The molecule has 0 unspecified atom stereocenters. The molecule has 9 aromatic carbocycles. The van der Waals surface area contributed by atoms with Crippen LogP contribution in [0.1, 0.15) is 69.1 Å². The normalized spacial score (nSPS) is 20.8. The fraction of sp³-hybridized carbons (Fsp3) is 0.200. The minimum atomic E-state index is -0.139. The Morgan fingerprint density at radius 3 is 1.64 bits per heavy atom. The van der Waals surface area contributed by atoms with Gasteiger partial charge in [-0.05, 0) is 170 Å². The van der Waals surface area contributed by atoms with Crippen molar-refractivity contribution in [2.24, 2.45) is 17.8 Å². The second-order valence-corrected chi connectivity index (χ2v) is 20.8. The molecule has 0 N–H and O–H groups in total. The topological polar surface area (TPSA) is 3.24 Å². The smallest absolute Gasteiger partial charge is 0.0540 e. The molecule has 9 aromatic rings. The third-order valence-electron chi connectivity index (χ3n) is 16.4. The van der Waals surface area contributed by atoms with Gasteiger partial charge in [-0.3, -0.25) is 0 Å². The molecule has 5 aliphatic carbocycles. The van der Waals surface area contributed by atoms with Crippen molar-refractivity contribution in [2.45, 2.75) is 63.2 Å². The van der Waals surface area contributed by atoms with Crippen molar-refractivity contribution in [3.05, 3.63) is 223 Å². The molecule has 0 saturated heterocycles. The van der Waals surface area contributed by atoms with Crippen LogP contribution in [0, 0.1) is 17.8 Å². The summed E-state index contributed by atoms with van der Waals surface area (Å²) in [6.07, 6.45) is 8.68. The molecule has 1 nitrogen and oxygen atoms in total. The van der Waals surface area contributed by atoms with Gasteiger partial charge in [0.25, 0.3) is 0 Å². The highest BCUT2D eigenvalue weighted by atomic mass is 15.1. The summed E-state index contributed by atoms with van der Waals surface area (Å²) in [6, 6.07) is 77.7. The summed E-state index contributed by atoms with van der Waals surface area (Å²) in [5.41, 5.74) is 20.5. The van der Waals surface area contributed by atoms with Crippen LogP contribution in [0.3, 0.4) is 0 Å². The van der Waals surface area contributed by atoms with Gasteiger partial charge in [-0.1, -0.05) is 184 Å². The minimum absolute atomic E-state index is 0.139. The lowest BCUT2D eigenvalue weighted by Crippen LogP contribution is -2.48. The molecule has 0 heterocycles. The van der Waals surface area contributed by atoms with Crippen LogP contribution in [0.4, 0.5) is 17.1 Å². The van der Waals surface area contributed by atoms with E-state index >= 15 is 0 Å². The molecule has 5 aliphatic rings. The van der Waals surface area contributed by atoms with Crippen molar-refractivity contribution in [3.63, 3.8) is 0 Å². The number of nitrogens with zero attached hydrogens (tertiary/aromatic N) is 1. The maximum Gasteiger partial charge on any atom is 0.0540 e. The SMILES string of the molecule is CC1(C)c2ccccc2-c2ccc(N(c3ccccc3-c3ccc4ccccc4c3)c3ccc(-c4ccc(-c5ccc(C67CC8CC(CC(C8)C6)C7)cc5)cc4)cc3-c3ccccc3)cc21. The number of benzene rings is 9. The maximum absolute atomic E-state index is 2.52. The molecule has 1 heteroatoms. The number of fused-ring (bicyclic) bond motifs is 4. The van der Waals surface area contributed by atoms with E-state index in [9.17, 15) is 0 Å². The number of para-hydroxylation sites is 1. The fourth-order valence-electron chi connectivity index (χ4n) is 13.6. The molecule has 0 radical (unpaired) electrons. The third kappa shape index (κ3) is 6.50. The van der Waals surface area contributed by atoms with Crippen LogP contribution in [-0.2, 0) is 10.8 Å². The molecule has 4 bridgehead atoms. The summed E-state index contributed by atoms with van der Waals surface area (Å²) in [5.74, 6) is 2.87. The predicted molar refractivity (Wildman–Crippen MR) is 278 cm³/mol.